The number of imidazole rings is 1. The fourth-order valence-electron chi connectivity index (χ4n) is 6.38. The summed E-state index contributed by atoms with van der Waals surface area (Å²) < 4.78 is 7.27. The van der Waals surface area contributed by atoms with Crippen LogP contribution in [0.5, 0.6) is 0 Å². The molecule has 0 unspecified atom stereocenters. The van der Waals surface area contributed by atoms with Crippen LogP contribution in [0.25, 0.3) is 75.2 Å². The second-order valence-corrected chi connectivity index (χ2v) is 11.1. The average molecular weight is 516 g/mol. The van der Waals surface area contributed by atoms with Crippen molar-refractivity contribution < 1.29 is 0 Å². The zero-order chi connectivity index (χ0) is 25.5. The molecule has 0 atom stereocenters. The van der Waals surface area contributed by atoms with E-state index in [0.29, 0.717) is 0 Å². The van der Waals surface area contributed by atoms with Gasteiger partial charge in [0, 0.05) is 31.9 Å². The third-order valence-electron chi connectivity index (χ3n) is 7.98. The summed E-state index contributed by atoms with van der Waals surface area (Å²) in [6.45, 7) is 0. The van der Waals surface area contributed by atoms with Gasteiger partial charge < -0.3 is 4.57 Å². The van der Waals surface area contributed by atoms with Crippen LogP contribution in [0.4, 0.5) is 0 Å². The lowest BCUT2D eigenvalue weighted by molar-refractivity contribution is 1.09. The summed E-state index contributed by atoms with van der Waals surface area (Å²) in [5.41, 5.74) is 6.75. The lowest BCUT2D eigenvalue weighted by Gasteiger charge is -2.11. The molecule has 3 nitrogen and oxygen atoms in total. The molecule has 182 valence electrons. The largest absolute Gasteiger partial charge is 0.306 e. The molecule has 0 radical (unpaired) electrons. The van der Waals surface area contributed by atoms with Gasteiger partial charge in [-0.25, -0.2) is 4.98 Å². The number of nitrogens with zero attached hydrogens (tertiary/aromatic N) is 3. The Hall–Kier alpha value is -4.93. The highest BCUT2D eigenvalue weighted by molar-refractivity contribution is 7.27. The van der Waals surface area contributed by atoms with Gasteiger partial charge in [0.1, 0.15) is 11.8 Å². The zero-order valence-electron chi connectivity index (χ0n) is 20.9. The minimum absolute atomic E-state index is 0.992. The molecule has 9 aromatic rings. The van der Waals surface area contributed by atoms with Gasteiger partial charge in [-0.05, 0) is 47.2 Å². The Kier molecular flexibility index (Phi) is 4.21. The van der Waals surface area contributed by atoms with Gasteiger partial charge in [-0.3, -0.25) is 4.57 Å². The van der Waals surface area contributed by atoms with Gasteiger partial charge in [0.15, 0.2) is 0 Å². The molecule has 3 heterocycles. The Morgan fingerprint density at radius 2 is 1.21 bits per heavy atom. The maximum absolute atomic E-state index is 5.00. The fraction of sp³-hybridized carbons (Fsp3) is 0. The molecule has 0 bridgehead atoms. The van der Waals surface area contributed by atoms with Gasteiger partial charge in [-0.1, -0.05) is 84.9 Å². The third kappa shape index (κ3) is 2.78. The first-order valence-corrected chi connectivity index (χ1v) is 14.0. The number of aromatic nitrogens is 3. The number of benzene rings is 6. The zero-order valence-corrected chi connectivity index (χ0v) is 21.7. The van der Waals surface area contributed by atoms with Crippen molar-refractivity contribution in [2.45, 2.75) is 0 Å². The van der Waals surface area contributed by atoms with Crippen molar-refractivity contribution in [2.75, 3.05) is 0 Å². The molecule has 39 heavy (non-hydrogen) atoms. The van der Waals surface area contributed by atoms with Crippen molar-refractivity contribution in [1.29, 1.82) is 0 Å². The number of rotatable bonds is 2. The molecular weight excluding hydrogens is 494 g/mol. The van der Waals surface area contributed by atoms with Crippen molar-refractivity contribution in [2.24, 2.45) is 0 Å². The molecule has 0 amide bonds. The van der Waals surface area contributed by atoms with E-state index in [1.54, 1.807) is 0 Å². The molecule has 0 saturated heterocycles. The van der Waals surface area contributed by atoms with Crippen molar-refractivity contribution in [3.05, 3.63) is 128 Å². The SMILES string of the molecule is c1ccc(-n2cnc3c(-n4c5ccccc5c5c6ccccc6c6c7ccccc7sc6c54)cccc32)cc1. The van der Waals surface area contributed by atoms with E-state index in [2.05, 4.69) is 124 Å². The molecule has 0 aliphatic carbocycles. The van der Waals surface area contributed by atoms with Crippen LogP contribution in [0, 0.1) is 0 Å². The van der Waals surface area contributed by atoms with Crippen LogP contribution in [-0.2, 0) is 0 Å². The average Bonchev–Trinajstić information content (AvgIpc) is 3.70. The van der Waals surface area contributed by atoms with E-state index >= 15 is 0 Å². The predicted molar refractivity (Wildman–Crippen MR) is 166 cm³/mol. The standard InChI is InChI=1S/C35H21N3S/c1-2-11-22(12-3-1)37-21-36-33-28(37)18-10-19-29(33)38-27-17-8-6-15-25(27)31-23-13-4-5-14-24(23)32-26-16-7-9-20-30(26)39-35(32)34(31)38/h1-21H. The van der Waals surface area contributed by atoms with E-state index in [1.807, 2.05) is 23.7 Å². The highest BCUT2D eigenvalue weighted by Gasteiger charge is 2.22. The summed E-state index contributed by atoms with van der Waals surface area (Å²) >= 11 is 1.89. The molecule has 0 N–H and O–H groups in total. The molecule has 3 aromatic heterocycles. The fourth-order valence-corrected chi connectivity index (χ4v) is 7.63. The van der Waals surface area contributed by atoms with Crippen LogP contribution >= 0.6 is 11.3 Å². The minimum atomic E-state index is 0.992. The van der Waals surface area contributed by atoms with Gasteiger partial charge in [-0.15, -0.1) is 11.3 Å². The summed E-state index contributed by atoms with van der Waals surface area (Å²) in [7, 11) is 0. The minimum Gasteiger partial charge on any atom is -0.306 e. The Labute approximate surface area is 227 Å². The van der Waals surface area contributed by atoms with Crippen molar-refractivity contribution in [3.63, 3.8) is 0 Å². The number of hydrogen-bond donors (Lipinski definition) is 0. The number of hydrogen-bond acceptors (Lipinski definition) is 2. The molecule has 6 aromatic carbocycles. The van der Waals surface area contributed by atoms with Gasteiger partial charge >= 0.3 is 0 Å². The van der Waals surface area contributed by atoms with E-state index in [0.717, 1.165) is 22.4 Å². The topological polar surface area (TPSA) is 22.8 Å². The van der Waals surface area contributed by atoms with Crippen LogP contribution in [-0.4, -0.2) is 14.1 Å². The Bertz CT molecular complexity index is 2390. The van der Waals surface area contributed by atoms with Gasteiger partial charge in [0.05, 0.1) is 26.9 Å². The normalized spacial score (nSPS) is 12.1. The van der Waals surface area contributed by atoms with E-state index in [9.17, 15) is 0 Å². The highest BCUT2D eigenvalue weighted by atomic mass is 32.1. The van der Waals surface area contributed by atoms with Crippen molar-refractivity contribution >= 4 is 75.1 Å². The van der Waals surface area contributed by atoms with Crippen LogP contribution < -0.4 is 0 Å². The summed E-state index contributed by atoms with van der Waals surface area (Å²) in [6, 6.07) is 43.5. The smallest absolute Gasteiger partial charge is 0.113 e. The van der Waals surface area contributed by atoms with Crippen LogP contribution in [0.3, 0.4) is 0 Å². The molecule has 0 saturated carbocycles. The maximum atomic E-state index is 5.00. The second-order valence-electron chi connectivity index (χ2n) is 10.0. The molecule has 0 spiro atoms. The first-order valence-electron chi connectivity index (χ1n) is 13.2. The van der Waals surface area contributed by atoms with E-state index in [1.165, 1.54) is 52.8 Å². The first-order chi connectivity index (χ1) is 19.4. The molecule has 0 aliphatic rings. The molecule has 4 heteroatoms. The summed E-state index contributed by atoms with van der Waals surface area (Å²) in [6.07, 6.45) is 1.95. The lowest BCUT2D eigenvalue weighted by Crippen LogP contribution is -1.96. The predicted octanol–water partition coefficient (Wildman–Crippen LogP) is 9.64. The number of thiophene rings is 1. The lowest BCUT2D eigenvalue weighted by atomic mass is 9.99. The van der Waals surface area contributed by atoms with Gasteiger partial charge in [0.25, 0.3) is 0 Å². The Morgan fingerprint density at radius 3 is 2.05 bits per heavy atom. The van der Waals surface area contributed by atoms with Crippen LogP contribution in [0.1, 0.15) is 0 Å². The summed E-state index contributed by atoms with van der Waals surface area (Å²) in [4.78, 5) is 5.00. The number of fused-ring (bicyclic) bond motifs is 11. The van der Waals surface area contributed by atoms with Crippen molar-refractivity contribution in [3.8, 4) is 11.4 Å². The maximum Gasteiger partial charge on any atom is 0.113 e. The van der Waals surface area contributed by atoms with E-state index in [-0.39, 0.29) is 0 Å². The van der Waals surface area contributed by atoms with Gasteiger partial charge in [-0.2, -0.15) is 0 Å². The van der Waals surface area contributed by atoms with E-state index in [4.69, 9.17) is 4.98 Å². The first kappa shape index (κ1) is 21.1. The quantitative estimate of drug-likeness (QED) is 0.225. The summed E-state index contributed by atoms with van der Waals surface area (Å²) in [5.74, 6) is 0. The highest BCUT2D eigenvalue weighted by Crippen LogP contribution is 2.48. The molecular formula is C35H21N3S. The van der Waals surface area contributed by atoms with Gasteiger partial charge in [0.2, 0.25) is 0 Å². The van der Waals surface area contributed by atoms with Crippen LogP contribution in [0.15, 0.2) is 128 Å². The van der Waals surface area contributed by atoms with E-state index < -0.39 is 0 Å². The summed E-state index contributed by atoms with van der Waals surface area (Å²) in [5, 5.41) is 7.83. The molecule has 9 rings (SSSR count). The Balaban J connectivity index is 1.52. The number of para-hydroxylation sites is 3. The Morgan fingerprint density at radius 1 is 0.538 bits per heavy atom. The monoisotopic (exact) mass is 515 g/mol. The second kappa shape index (κ2) is 7.79. The third-order valence-corrected chi connectivity index (χ3v) is 9.16. The molecule has 0 aliphatic heterocycles. The van der Waals surface area contributed by atoms with Crippen molar-refractivity contribution in [1.82, 2.24) is 14.1 Å². The molecule has 0 fully saturated rings. The van der Waals surface area contributed by atoms with Crippen LogP contribution in [0.2, 0.25) is 0 Å².